The molecule has 2 aromatic rings. The number of sulfonamides is 1. The Balaban J connectivity index is 2.43. The minimum atomic E-state index is -3.85. The third-order valence-electron chi connectivity index (χ3n) is 2.37. The van der Waals surface area contributed by atoms with E-state index in [1.807, 2.05) is 0 Å². The summed E-state index contributed by atoms with van der Waals surface area (Å²) >= 11 is 2.94. The van der Waals surface area contributed by atoms with Crippen molar-refractivity contribution in [2.45, 2.75) is 4.90 Å². The molecule has 2 rings (SSSR count). The second-order valence-electron chi connectivity index (χ2n) is 3.78. The zero-order valence-electron chi connectivity index (χ0n) is 9.60. The first kappa shape index (κ1) is 13.8. The lowest BCUT2D eigenvalue weighted by atomic mass is 10.3. The smallest absolute Gasteiger partial charge is 0.263 e. The van der Waals surface area contributed by atoms with Crippen LogP contribution in [0.5, 0.6) is 0 Å². The number of para-hydroxylation sites is 1. The Bertz CT molecular complexity index is 705. The molecule has 0 radical (unpaired) electrons. The summed E-state index contributed by atoms with van der Waals surface area (Å²) in [5.74, 6) is -0.615. The average Bonchev–Trinajstić information content (AvgIpc) is 2.34. The Hall–Kier alpha value is -1.60. The van der Waals surface area contributed by atoms with Crippen molar-refractivity contribution in [1.29, 1.82) is 0 Å². The van der Waals surface area contributed by atoms with Gasteiger partial charge in [0, 0.05) is 5.69 Å². The Morgan fingerprint density at radius 2 is 1.79 bits per heavy atom. The van der Waals surface area contributed by atoms with Crippen LogP contribution in [0.25, 0.3) is 0 Å². The first-order valence-electron chi connectivity index (χ1n) is 5.22. The van der Waals surface area contributed by atoms with Crippen LogP contribution in [0.1, 0.15) is 0 Å². The molecule has 0 saturated heterocycles. The van der Waals surface area contributed by atoms with Gasteiger partial charge in [0.15, 0.2) is 0 Å². The maximum Gasteiger partial charge on any atom is 0.263 e. The standard InChI is InChI=1S/C12H10BrFN2O2S/c13-9-6-12(11(15)7-10(9)14)19(17,18)16-8-4-2-1-3-5-8/h1-7,16H,15H2. The molecule has 3 N–H and O–H groups in total. The fraction of sp³-hybridized carbons (Fsp3) is 0. The molecule has 19 heavy (non-hydrogen) atoms. The fourth-order valence-corrected chi connectivity index (χ4v) is 3.19. The van der Waals surface area contributed by atoms with Crippen molar-refractivity contribution in [1.82, 2.24) is 0 Å². The minimum Gasteiger partial charge on any atom is -0.398 e. The number of hydrogen-bond acceptors (Lipinski definition) is 3. The van der Waals surface area contributed by atoms with E-state index in [4.69, 9.17) is 5.73 Å². The second kappa shape index (κ2) is 5.18. The van der Waals surface area contributed by atoms with Crippen molar-refractivity contribution in [2.75, 3.05) is 10.5 Å². The van der Waals surface area contributed by atoms with Crippen LogP contribution in [0.2, 0.25) is 0 Å². The van der Waals surface area contributed by atoms with Crippen LogP contribution >= 0.6 is 15.9 Å². The highest BCUT2D eigenvalue weighted by molar-refractivity contribution is 9.10. The van der Waals surface area contributed by atoms with Crippen LogP contribution in [0.15, 0.2) is 51.8 Å². The van der Waals surface area contributed by atoms with Gasteiger partial charge in [-0.15, -0.1) is 0 Å². The molecule has 2 aromatic carbocycles. The number of halogens is 2. The normalized spacial score (nSPS) is 11.3. The first-order valence-corrected chi connectivity index (χ1v) is 7.50. The molecule has 4 nitrogen and oxygen atoms in total. The second-order valence-corrected chi connectivity index (χ2v) is 6.28. The predicted octanol–water partition coefficient (Wildman–Crippen LogP) is 2.97. The van der Waals surface area contributed by atoms with E-state index in [1.165, 1.54) is 0 Å². The molecule has 0 aliphatic carbocycles. The van der Waals surface area contributed by atoms with Crippen LogP contribution in [-0.2, 0) is 10.0 Å². The van der Waals surface area contributed by atoms with E-state index >= 15 is 0 Å². The lowest BCUT2D eigenvalue weighted by Crippen LogP contribution is -2.15. The summed E-state index contributed by atoms with van der Waals surface area (Å²) < 4.78 is 39.9. The monoisotopic (exact) mass is 344 g/mol. The number of hydrogen-bond donors (Lipinski definition) is 2. The summed E-state index contributed by atoms with van der Waals surface area (Å²) in [4.78, 5) is -0.176. The van der Waals surface area contributed by atoms with Gasteiger partial charge in [0.2, 0.25) is 0 Å². The van der Waals surface area contributed by atoms with Crippen LogP contribution < -0.4 is 10.5 Å². The molecule has 0 amide bonds. The zero-order chi connectivity index (χ0) is 14.0. The maximum atomic E-state index is 13.2. The lowest BCUT2D eigenvalue weighted by molar-refractivity contribution is 0.599. The first-order chi connectivity index (χ1) is 8.90. The summed E-state index contributed by atoms with van der Waals surface area (Å²) in [7, 11) is -3.85. The molecule has 0 heterocycles. The molecule has 0 saturated carbocycles. The molecular formula is C12H10BrFN2O2S. The van der Waals surface area contributed by atoms with Crippen LogP contribution in [0.4, 0.5) is 15.8 Å². The van der Waals surface area contributed by atoms with Gasteiger partial charge in [-0.25, -0.2) is 12.8 Å². The number of benzene rings is 2. The third-order valence-corrected chi connectivity index (χ3v) is 4.41. The number of nitrogen functional groups attached to an aromatic ring is 1. The van der Waals surface area contributed by atoms with Crippen LogP contribution in [-0.4, -0.2) is 8.42 Å². The highest BCUT2D eigenvalue weighted by Crippen LogP contribution is 2.27. The molecule has 0 unspecified atom stereocenters. The zero-order valence-corrected chi connectivity index (χ0v) is 12.0. The van der Waals surface area contributed by atoms with Crippen molar-refractivity contribution in [3.05, 3.63) is 52.8 Å². The van der Waals surface area contributed by atoms with Gasteiger partial charge in [-0.2, -0.15) is 0 Å². The van der Waals surface area contributed by atoms with Gasteiger partial charge in [0.1, 0.15) is 10.7 Å². The van der Waals surface area contributed by atoms with E-state index < -0.39 is 15.8 Å². The Kier molecular flexibility index (Phi) is 3.77. The van der Waals surface area contributed by atoms with E-state index in [0.29, 0.717) is 5.69 Å². The molecule has 0 atom stereocenters. The quantitative estimate of drug-likeness (QED) is 0.840. The molecule has 0 aliphatic heterocycles. The van der Waals surface area contributed by atoms with Gasteiger partial charge in [-0.1, -0.05) is 18.2 Å². The van der Waals surface area contributed by atoms with Gasteiger partial charge in [0.25, 0.3) is 10.0 Å². The summed E-state index contributed by atoms with van der Waals surface area (Å²) in [5.41, 5.74) is 5.81. The minimum absolute atomic E-state index is 0.0372. The van der Waals surface area contributed by atoms with Gasteiger partial charge in [-0.3, -0.25) is 4.72 Å². The van der Waals surface area contributed by atoms with Crippen molar-refractivity contribution in [3.63, 3.8) is 0 Å². The van der Waals surface area contributed by atoms with Gasteiger partial charge < -0.3 is 5.73 Å². The molecule has 0 aromatic heterocycles. The summed E-state index contributed by atoms with van der Waals surface area (Å²) in [6.45, 7) is 0. The van der Waals surface area contributed by atoms with Crippen molar-refractivity contribution in [2.24, 2.45) is 0 Å². The Morgan fingerprint density at radius 1 is 1.16 bits per heavy atom. The average molecular weight is 345 g/mol. The molecule has 0 fully saturated rings. The predicted molar refractivity (Wildman–Crippen MR) is 75.8 cm³/mol. The molecule has 0 spiro atoms. The van der Waals surface area contributed by atoms with Gasteiger partial charge in [-0.05, 0) is 40.2 Å². The third kappa shape index (κ3) is 3.05. The summed E-state index contributed by atoms with van der Waals surface area (Å²) in [6, 6.07) is 10.5. The number of nitrogens with one attached hydrogen (secondary N) is 1. The molecule has 7 heteroatoms. The van der Waals surface area contributed by atoms with Crippen molar-refractivity contribution in [3.8, 4) is 0 Å². The highest BCUT2D eigenvalue weighted by atomic mass is 79.9. The topological polar surface area (TPSA) is 72.2 Å². The Labute approximate surface area is 118 Å². The van der Waals surface area contributed by atoms with Gasteiger partial charge in [0.05, 0.1) is 10.2 Å². The number of anilines is 2. The maximum absolute atomic E-state index is 13.2. The van der Waals surface area contributed by atoms with Crippen LogP contribution in [0.3, 0.4) is 0 Å². The highest BCUT2D eigenvalue weighted by Gasteiger charge is 2.19. The van der Waals surface area contributed by atoms with E-state index in [-0.39, 0.29) is 15.1 Å². The number of rotatable bonds is 3. The SMILES string of the molecule is Nc1cc(F)c(Br)cc1S(=O)(=O)Nc1ccccc1. The summed E-state index contributed by atoms with van der Waals surface area (Å²) in [5, 5.41) is 0. The largest absolute Gasteiger partial charge is 0.398 e. The lowest BCUT2D eigenvalue weighted by Gasteiger charge is -2.10. The summed E-state index contributed by atoms with van der Waals surface area (Å²) in [6.07, 6.45) is 0. The molecular weight excluding hydrogens is 335 g/mol. The fourth-order valence-electron chi connectivity index (χ4n) is 1.49. The Morgan fingerprint density at radius 3 is 2.42 bits per heavy atom. The van der Waals surface area contributed by atoms with Gasteiger partial charge >= 0.3 is 0 Å². The van der Waals surface area contributed by atoms with Crippen LogP contribution in [0, 0.1) is 5.82 Å². The van der Waals surface area contributed by atoms with E-state index in [0.717, 1.165) is 12.1 Å². The molecule has 0 aliphatic rings. The van der Waals surface area contributed by atoms with Crippen molar-refractivity contribution < 1.29 is 12.8 Å². The molecule has 100 valence electrons. The molecule has 0 bridgehead atoms. The number of nitrogens with two attached hydrogens (primary N) is 1. The van der Waals surface area contributed by atoms with E-state index in [1.54, 1.807) is 30.3 Å². The van der Waals surface area contributed by atoms with E-state index in [2.05, 4.69) is 20.7 Å². The van der Waals surface area contributed by atoms with E-state index in [9.17, 15) is 12.8 Å². The van der Waals surface area contributed by atoms with Crippen molar-refractivity contribution >= 4 is 37.3 Å².